The molecule has 2 N–H and O–H groups in total. The summed E-state index contributed by atoms with van der Waals surface area (Å²) >= 11 is 3.50. The number of rotatable bonds is 4. The largest absolute Gasteiger partial charge is 0.496 e. The van der Waals surface area contributed by atoms with E-state index < -0.39 is 0 Å². The van der Waals surface area contributed by atoms with Crippen molar-refractivity contribution in [3.63, 3.8) is 0 Å². The van der Waals surface area contributed by atoms with Crippen LogP contribution in [0.5, 0.6) is 11.5 Å². The van der Waals surface area contributed by atoms with E-state index in [1.165, 1.54) is 0 Å². The van der Waals surface area contributed by atoms with Crippen LogP contribution >= 0.6 is 15.9 Å². The molecule has 0 bridgehead atoms. The van der Waals surface area contributed by atoms with Gasteiger partial charge in [-0.25, -0.2) is 0 Å². The van der Waals surface area contributed by atoms with Crippen molar-refractivity contribution in [2.75, 3.05) is 14.2 Å². The van der Waals surface area contributed by atoms with E-state index in [9.17, 15) is 0 Å². The SMILES string of the molecule is COc1ccc(C(N)c2c(C)cc(C)cc2OC)cc1Br. The van der Waals surface area contributed by atoms with Gasteiger partial charge < -0.3 is 15.2 Å². The fourth-order valence-electron chi connectivity index (χ4n) is 2.55. The van der Waals surface area contributed by atoms with Gasteiger partial charge >= 0.3 is 0 Å². The summed E-state index contributed by atoms with van der Waals surface area (Å²) in [7, 11) is 3.32. The number of ether oxygens (including phenoxy) is 2. The number of aryl methyl sites for hydroxylation is 2. The monoisotopic (exact) mass is 349 g/mol. The van der Waals surface area contributed by atoms with Crippen LogP contribution in [-0.2, 0) is 0 Å². The summed E-state index contributed by atoms with van der Waals surface area (Å²) in [5.74, 6) is 1.62. The molecular weight excluding hydrogens is 330 g/mol. The van der Waals surface area contributed by atoms with E-state index in [4.69, 9.17) is 15.2 Å². The van der Waals surface area contributed by atoms with Gasteiger partial charge in [0.05, 0.1) is 24.7 Å². The third-order valence-electron chi connectivity index (χ3n) is 3.56. The number of benzene rings is 2. The zero-order valence-corrected chi connectivity index (χ0v) is 14.3. The van der Waals surface area contributed by atoms with Gasteiger partial charge in [0.25, 0.3) is 0 Å². The van der Waals surface area contributed by atoms with E-state index in [1.807, 2.05) is 24.3 Å². The van der Waals surface area contributed by atoms with Gasteiger partial charge in [0.15, 0.2) is 0 Å². The number of hydrogen-bond donors (Lipinski definition) is 1. The van der Waals surface area contributed by atoms with Crippen molar-refractivity contribution in [3.8, 4) is 11.5 Å². The molecule has 0 amide bonds. The fraction of sp³-hybridized carbons (Fsp3) is 0.294. The van der Waals surface area contributed by atoms with Crippen LogP contribution in [0.15, 0.2) is 34.8 Å². The second-order valence-corrected chi connectivity index (χ2v) is 5.92. The van der Waals surface area contributed by atoms with Gasteiger partial charge in [-0.1, -0.05) is 12.1 Å². The molecule has 0 aromatic heterocycles. The van der Waals surface area contributed by atoms with Gasteiger partial charge in [-0.05, 0) is 64.7 Å². The average Bonchev–Trinajstić information content (AvgIpc) is 2.45. The van der Waals surface area contributed by atoms with Crippen molar-refractivity contribution in [3.05, 3.63) is 57.1 Å². The van der Waals surface area contributed by atoms with Crippen LogP contribution in [0.2, 0.25) is 0 Å². The summed E-state index contributed by atoms with van der Waals surface area (Å²) in [6, 6.07) is 9.77. The molecule has 0 aliphatic heterocycles. The van der Waals surface area contributed by atoms with Gasteiger partial charge in [-0.15, -0.1) is 0 Å². The predicted molar refractivity (Wildman–Crippen MR) is 89.2 cm³/mol. The van der Waals surface area contributed by atoms with Crippen molar-refractivity contribution in [2.45, 2.75) is 19.9 Å². The van der Waals surface area contributed by atoms with E-state index in [0.717, 1.165) is 38.2 Å². The molecule has 112 valence electrons. The first kappa shape index (κ1) is 15.9. The standard InChI is InChI=1S/C17H20BrNO2/c1-10-7-11(2)16(15(8-10)21-4)17(19)12-5-6-14(20-3)13(18)9-12/h5-9,17H,19H2,1-4H3. The first-order valence-electron chi connectivity index (χ1n) is 6.72. The molecule has 21 heavy (non-hydrogen) atoms. The summed E-state index contributed by atoms with van der Waals surface area (Å²) in [6.45, 7) is 4.11. The number of hydrogen-bond acceptors (Lipinski definition) is 3. The molecule has 2 aromatic carbocycles. The minimum Gasteiger partial charge on any atom is -0.496 e. The highest BCUT2D eigenvalue weighted by molar-refractivity contribution is 9.10. The van der Waals surface area contributed by atoms with Crippen LogP contribution in [0.4, 0.5) is 0 Å². The Hall–Kier alpha value is -1.52. The summed E-state index contributed by atoms with van der Waals surface area (Å²) in [5, 5.41) is 0. The Balaban J connectivity index is 2.49. The third kappa shape index (κ3) is 3.22. The van der Waals surface area contributed by atoms with Crippen molar-refractivity contribution >= 4 is 15.9 Å². The van der Waals surface area contributed by atoms with Crippen LogP contribution in [0.25, 0.3) is 0 Å². The second-order valence-electron chi connectivity index (χ2n) is 5.07. The molecule has 1 atom stereocenters. The zero-order valence-electron chi connectivity index (χ0n) is 12.7. The summed E-state index contributed by atoms with van der Waals surface area (Å²) in [5.41, 5.74) is 10.8. The first-order valence-corrected chi connectivity index (χ1v) is 7.51. The molecule has 0 fully saturated rings. The minimum atomic E-state index is -0.247. The highest BCUT2D eigenvalue weighted by Crippen LogP contribution is 2.35. The molecule has 4 heteroatoms. The quantitative estimate of drug-likeness (QED) is 0.902. The lowest BCUT2D eigenvalue weighted by Gasteiger charge is -2.20. The Morgan fingerprint density at radius 2 is 1.67 bits per heavy atom. The third-order valence-corrected chi connectivity index (χ3v) is 4.18. The van der Waals surface area contributed by atoms with Gasteiger partial charge in [-0.3, -0.25) is 0 Å². The average molecular weight is 350 g/mol. The van der Waals surface area contributed by atoms with E-state index in [-0.39, 0.29) is 6.04 Å². The summed E-state index contributed by atoms with van der Waals surface area (Å²) < 4.78 is 11.7. The number of nitrogens with two attached hydrogens (primary N) is 1. The predicted octanol–water partition coefficient (Wildman–Crippen LogP) is 4.13. The van der Waals surface area contributed by atoms with Crippen LogP contribution in [0, 0.1) is 13.8 Å². The van der Waals surface area contributed by atoms with Gasteiger partial charge in [0.1, 0.15) is 11.5 Å². The zero-order chi connectivity index (χ0) is 15.6. The number of methoxy groups -OCH3 is 2. The molecular formula is C17H20BrNO2. The van der Waals surface area contributed by atoms with Crippen LogP contribution in [0.1, 0.15) is 28.3 Å². The summed E-state index contributed by atoms with van der Waals surface area (Å²) in [4.78, 5) is 0. The second kappa shape index (κ2) is 6.50. The maximum absolute atomic E-state index is 6.46. The normalized spacial score (nSPS) is 12.1. The lowest BCUT2D eigenvalue weighted by Crippen LogP contribution is -2.15. The highest BCUT2D eigenvalue weighted by Gasteiger charge is 2.18. The molecule has 2 aromatic rings. The Labute approximate surface area is 134 Å². The Morgan fingerprint density at radius 1 is 1.00 bits per heavy atom. The van der Waals surface area contributed by atoms with Crippen molar-refractivity contribution in [2.24, 2.45) is 5.73 Å². The molecule has 2 rings (SSSR count). The highest BCUT2D eigenvalue weighted by atomic mass is 79.9. The Kier molecular flexibility index (Phi) is 4.91. The topological polar surface area (TPSA) is 44.5 Å². The molecule has 0 aliphatic rings. The summed E-state index contributed by atoms with van der Waals surface area (Å²) in [6.07, 6.45) is 0. The molecule has 0 aliphatic carbocycles. The molecule has 0 spiro atoms. The van der Waals surface area contributed by atoms with Crippen molar-refractivity contribution in [1.82, 2.24) is 0 Å². The van der Waals surface area contributed by atoms with Gasteiger partial charge in [0.2, 0.25) is 0 Å². The molecule has 3 nitrogen and oxygen atoms in total. The minimum absolute atomic E-state index is 0.247. The van der Waals surface area contributed by atoms with Gasteiger partial charge in [0, 0.05) is 5.56 Å². The van der Waals surface area contributed by atoms with Crippen molar-refractivity contribution < 1.29 is 9.47 Å². The molecule has 0 saturated heterocycles. The van der Waals surface area contributed by atoms with Crippen LogP contribution in [0.3, 0.4) is 0 Å². The smallest absolute Gasteiger partial charge is 0.133 e. The lowest BCUT2D eigenvalue weighted by molar-refractivity contribution is 0.406. The molecule has 0 heterocycles. The van der Waals surface area contributed by atoms with Crippen LogP contribution < -0.4 is 15.2 Å². The van der Waals surface area contributed by atoms with Gasteiger partial charge in [-0.2, -0.15) is 0 Å². The fourth-order valence-corrected chi connectivity index (χ4v) is 3.11. The maximum Gasteiger partial charge on any atom is 0.133 e. The van der Waals surface area contributed by atoms with E-state index in [2.05, 4.69) is 35.8 Å². The number of halogens is 1. The van der Waals surface area contributed by atoms with Crippen LogP contribution in [-0.4, -0.2) is 14.2 Å². The maximum atomic E-state index is 6.46. The lowest BCUT2D eigenvalue weighted by atomic mass is 9.93. The first-order chi connectivity index (χ1) is 9.97. The molecule has 1 unspecified atom stereocenters. The van der Waals surface area contributed by atoms with E-state index in [0.29, 0.717) is 0 Å². The van der Waals surface area contributed by atoms with Crippen molar-refractivity contribution in [1.29, 1.82) is 0 Å². The molecule has 0 saturated carbocycles. The Bertz CT molecular complexity index is 655. The Morgan fingerprint density at radius 3 is 2.24 bits per heavy atom. The van der Waals surface area contributed by atoms with E-state index in [1.54, 1.807) is 14.2 Å². The molecule has 0 radical (unpaired) electrons. The van der Waals surface area contributed by atoms with E-state index >= 15 is 0 Å².